The number of hydrogen-bond acceptors (Lipinski definition) is 5. The van der Waals surface area contributed by atoms with E-state index in [4.69, 9.17) is 5.73 Å². The van der Waals surface area contributed by atoms with Crippen molar-refractivity contribution in [2.24, 2.45) is 11.7 Å². The molecule has 2 aromatic rings. The van der Waals surface area contributed by atoms with Gasteiger partial charge in [0.05, 0.1) is 5.39 Å². The van der Waals surface area contributed by atoms with Crippen molar-refractivity contribution >= 4 is 39.9 Å². The predicted molar refractivity (Wildman–Crippen MR) is 108 cm³/mol. The number of carbonyl (C=O) groups excluding carboxylic acids is 1. The van der Waals surface area contributed by atoms with Gasteiger partial charge < -0.3 is 16.0 Å². The molecule has 8 heteroatoms. The highest BCUT2D eigenvalue weighted by Crippen LogP contribution is 2.35. The molecular weight excluding hydrogens is 372 g/mol. The first-order chi connectivity index (χ1) is 11.9. The van der Waals surface area contributed by atoms with Crippen molar-refractivity contribution in [1.82, 2.24) is 15.3 Å². The second kappa shape index (κ2) is 8.97. The first-order valence-corrected chi connectivity index (χ1v) is 9.81. The van der Waals surface area contributed by atoms with E-state index in [-0.39, 0.29) is 29.9 Å². The highest BCUT2D eigenvalue weighted by molar-refractivity contribution is 7.18. The van der Waals surface area contributed by atoms with Crippen molar-refractivity contribution in [2.75, 3.05) is 6.54 Å². The van der Waals surface area contributed by atoms with E-state index in [1.807, 2.05) is 6.92 Å². The molecule has 2 aromatic heterocycles. The summed E-state index contributed by atoms with van der Waals surface area (Å²) in [5.41, 5.74) is 6.79. The molecule has 0 aromatic carbocycles. The summed E-state index contributed by atoms with van der Waals surface area (Å²) >= 11 is 1.64. The number of nitrogens with two attached hydrogens (primary N) is 1. The molecule has 2 heterocycles. The van der Waals surface area contributed by atoms with Crippen LogP contribution in [-0.4, -0.2) is 28.5 Å². The molecule has 1 aliphatic carbocycles. The molecule has 0 fully saturated rings. The molecule has 4 N–H and O–H groups in total. The van der Waals surface area contributed by atoms with Crippen molar-refractivity contribution in [3.8, 4) is 0 Å². The van der Waals surface area contributed by atoms with Gasteiger partial charge in [0.15, 0.2) is 0 Å². The Morgan fingerprint density at radius 3 is 3.00 bits per heavy atom. The molecule has 2 unspecified atom stereocenters. The van der Waals surface area contributed by atoms with Crippen LogP contribution in [0.2, 0.25) is 0 Å². The Kier molecular flexibility index (Phi) is 7.20. The average Bonchev–Trinajstić information content (AvgIpc) is 2.90. The third-order valence-corrected chi connectivity index (χ3v) is 5.87. The summed E-state index contributed by atoms with van der Waals surface area (Å²) in [5.74, 6) is 1.22. The molecule has 0 aliphatic heterocycles. The molecular formula is C18H27ClN4O2S. The molecule has 3 rings (SSSR count). The highest BCUT2D eigenvalue weighted by Gasteiger charge is 2.23. The molecule has 0 saturated carbocycles. The first-order valence-electron chi connectivity index (χ1n) is 8.99. The molecule has 0 saturated heterocycles. The number of hydrogen-bond donors (Lipinski definition) is 3. The van der Waals surface area contributed by atoms with Gasteiger partial charge in [-0.15, -0.1) is 23.7 Å². The Morgan fingerprint density at radius 2 is 2.27 bits per heavy atom. The van der Waals surface area contributed by atoms with Gasteiger partial charge in [-0.2, -0.15) is 0 Å². The summed E-state index contributed by atoms with van der Waals surface area (Å²) in [4.78, 5) is 34.0. The lowest BCUT2D eigenvalue weighted by Crippen LogP contribution is -2.29. The number of rotatable bonds is 6. The van der Waals surface area contributed by atoms with Crippen molar-refractivity contribution in [3.63, 3.8) is 0 Å². The molecule has 1 amide bonds. The number of H-pyrrole nitrogens is 1. The van der Waals surface area contributed by atoms with Gasteiger partial charge in [-0.25, -0.2) is 4.98 Å². The van der Waals surface area contributed by atoms with Crippen molar-refractivity contribution in [2.45, 2.75) is 58.4 Å². The van der Waals surface area contributed by atoms with E-state index in [0.717, 1.165) is 35.9 Å². The maximum absolute atomic E-state index is 12.5. The van der Waals surface area contributed by atoms with Crippen LogP contribution in [0.1, 0.15) is 49.4 Å². The monoisotopic (exact) mass is 398 g/mol. The summed E-state index contributed by atoms with van der Waals surface area (Å²) in [6, 6.07) is 0.0771. The fourth-order valence-electron chi connectivity index (χ4n) is 3.27. The largest absolute Gasteiger partial charge is 0.356 e. The van der Waals surface area contributed by atoms with Gasteiger partial charge in [-0.3, -0.25) is 9.59 Å². The number of nitrogens with zero attached hydrogens (tertiary/aromatic N) is 1. The number of aromatic nitrogens is 2. The predicted octanol–water partition coefficient (Wildman–Crippen LogP) is 2.32. The molecule has 2 atom stereocenters. The summed E-state index contributed by atoms with van der Waals surface area (Å²) < 4.78 is 0. The van der Waals surface area contributed by atoms with Crippen molar-refractivity contribution in [1.29, 1.82) is 0 Å². The summed E-state index contributed by atoms with van der Waals surface area (Å²) in [6.07, 6.45) is 4.63. The second-order valence-electron chi connectivity index (χ2n) is 7.16. The van der Waals surface area contributed by atoms with Gasteiger partial charge in [0, 0.05) is 30.3 Å². The molecule has 0 spiro atoms. The number of thiophene rings is 1. The molecule has 144 valence electrons. The van der Waals surface area contributed by atoms with Gasteiger partial charge in [0.25, 0.3) is 5.56 Å². The van der Waals surface area contributed by atoms with E-state index in [1.54, 1.807) is 11.3 Å². The Morgan fingerprint density at radius 1 is 1.50 bits per heavy atom. The molecule has 0 bridgehead atoms. The lowest BCUT2D eigenvalue weighted by Gasteiger charge is -2.17. The van der Waals surface area contributed by atoms with E-state index in [0.29, 0.717) is 31.1 Å². The van der Waals surface area contributed by atoms with Crippen LogP contribution in [0.15, 0.2) is 4.79 Å². The molecule has 1 aliphatic rings. The maximum atomic E-state index is 12.5. The standard InChI is InChI=1S/C18H26N4O2S.ClH/c1-10-3-4-12-13(9-10)25-18-16(12)17(24)21-14(22-18)5-6-15(23)20-8-7-11(2)19;/h10-11H,3-9,19H2,1-2H3,(H,20,23)(H,21,22,24);1H. The number of fused-ring (bicyclic) bond motifs is 3. The highest BCUT2D eigenvalue weighted by atomic mass is 35.5. The Bertz CT molecular complexity index is 830. The zero-order valence-electron chi connectivity index (χ0n) is 15.3. The minimum Gasteiger partial charge on any atom is -0.356 e. The molecule has 0 radical (unpaired) electrons. The van der Waals surface area contributed by atoms with E-state index >= 15 is 0 Å². The van der Waals surface area contributed by atoms with Gasteiger partial charge in [0.2, 0.25) is 5.91 Å². The van der Waals surface area contributed by atoms with Crippen LogP contribution < -0.4 is 16.6 Å². The maximum Gasteiger partial charge on any atom is 0.259 e. The minimum absolute atomic E-state index is 0. The Hall–Kier alpha value is -1.44. The van der Waals surface area contributed by atoms with Gasteiger partial charge in [-0.05, 0) is 44.1 Å². The third-order valence-electron chi connectivity index (χ3n) is 4.73. The van der Waals surface area contributed by atoms with E-state index in [2.05, 4.69) is 22.2 Å². The van der Waals surface area contributed by atoms with Crippen LogP contribution in [-0.2, 0) is 24.1 Å². The van der Waals surface area contributed by atoms with Gasteiger partial charge in [0.1, 0.15) is 10.7 Å². The van der Waals surface area contributed by atoms with E-state index < -0.39 is 0 Å². The average molecular weight is 399 g/mol. The smallest absolute Gasteiger partial charge is 0.259 e. The topological polar surface area (TPSA) is 101 Å². The fraction of sp³-hybridized carbons (Fsp3) is 0.611. The number of aryl methyl sites for hydroxylation is 2. The third kappa shape index (κ3) is 4.84. The van der Waals surface area contributed by atoms with Crippen molar-refractivity contribution < 1.29 is 4.79 Å². The van der Waals surface area contributed by atoms with E-state index in [1.165, 1.54) is 10.4 Å². The summed E-state index contributed by atoms with van der Waals surface area (Å²) in [5, 5.41) is 3.61. The van der Waals surface area contributed by atoms with E-state index in [9.17, 15) is 9.59 Å². The lowest BCUT2D eigenvalue weighted by molar-refractivity contribution is -0.121. The number of aromatic amines is 1. The summed E-state index contributed by atoms with van der Waals surface area (Å²) in [6.45, 7) is 4.74. The van der Waals surface area contributed by atoms with Crippen LogP contribution in [0.25, 0.3) is 10.2 Å². The van der Waals surface area contributed by atoms with Gasteiger partial charge >= 0.3 is 0 Å². The zero-order valence-corrected chi connectivity index (χ0v) is 16.9. The SMILES string of the molecule is CC(N)CCNC(=O)CCc1nc2sc3c(c2c(=O)[nH]1)CCC(C)C3.Cl. The fourth-order valence-corrected chi connectivity index (χ4v) is 4.67. The van der Waals surface area contributed by atoms with Crippen LogP contribution in [0.3, 0.4) is 0 Å². The quantitative estimate of drug-likeness (QED) is 0.694. The van der Waals surface area contributed by atoms with Crippen LogP contribution >= 0.6 is 23.7 Å². The number of carbonyl (C=O) groups is 1. The van der Waals surface area contributed by atoms with Crippen molar-refractivity contribution in [3.05, 3.63) is 26.6 Å². The Balaban J connectivity index is 0.00000243. The van der Waals surface area contributed by atoms with Crippen LogP contribution in [0.5, 0.6) is 0 Å². The van der Waals surface area contributed by atoms with Gasteiger partial charge in [-0.1, -0.05) is 6.92 Å². The van der Waals surface area contributed by atoms with Crippen LogP contribution in [0.4, 0.5) is 0 Å². The normalized spacial score (nSPS) is 17.4. The van der Waals surface area contributed by atoms with Crippen LogP contribution in [0, 0.1) is 5.92 Å². The lowest BCUT2D eigenvalue weighted by atomic mass is 9.89. The Labute approximate surface area is 163 Å². The number of amides is 1. The molecule has 6 nitrogen and oxygen atoms in total. The first kappa shape index (κ1) is 20.9. The number of halogens is 1. The second-order valence-corrected chi connectivity index (χ2v) is 8.24. The molecule has 26 heavy (non-hydrogen) atoms. The minimum atomic E-state index is -0.0654. The zero-order chi connectivity index (χ0) is 18.0. The summed E-state index contributed by atoms with van der Waals surface area (Å²) in [7, 11) is 0. The number of nitrogens with one attached hydrogen (secondary N) is 2.